The highest BCUT2D eigenvalue weighted by atomic mass is 14.5. The largest absolute Gasteiger partial charge is 0.0615 e. The molecule has 1 radical (unpaired) electrons. The number of benzene rings is 2. The summed E-state index contributed by atoms with van der Waals surface area (Å²) in [7, 11) is 0. The van der Waals surface area contributed by atoms with E-state index in [1.807, 2.05) is 0 Å². The van der Waals surface area contributed by atoms with Crippen molar-refractivity contribution in [1.29, 1.82) is 0 Å². The van der Waals surface area contributed by atoms with Gasteiger partial charge in [0.2, 0.25) is 0 Å². The molecule has 1 atom stereocenters. The van der Waals surface area contributed by atoms with Gasteiger partial charge in [0.05, 0.1) is 5.92 Å². The van der Waals surface area contributed by atoms with Crippen molar-refractivity contribution in [2.45, 2.75) is 38.5 Å². The van der Waals surface area contributed by atoms with E-state index in [2.05, 4.69) is 36.4 Å². The summed E-state index contributed by atoms with van der Waals surface area (Å²) >= 11 is 0. The molecule has 0 aromatic heterocycles. The molecule has 0 bridgehead atoms. The lowest BCUT2D eigenvalue weighted by Crippen LogP contribution is -2.30. The average Bonchev–Trinajstić information content (AvgIpc) is 2.65. The molecule has 0 aliphatic heterocycles. The molecule has 24 heavy (non-hydrogen) atoms. The zero-order valence-electron chi connectivity index (χ0n) is 13.8. The highest BCUT2D eigenvalue weighted by Crippen LogP contribution is 2.60. The predicted molar refractivity (Wildman–Crippen MR) is 98.7 cm³/mol. The Kier molecular flexibility index (Phi) is 2.02. The minimum Gasteiger partial charge on any atom is -0.0615 e. The summed E-state index contributed by atoms with van der Waals surface area (Å²) < 4.78 is 0. The molecular weight excluding hydrogens is 288 g/mol. The monoisotopic (exact) mass is 307 g/mol. The fraction of sp³-hybridized carbons (Fsp3) is 0.292. The third-order valence-corrected chi connectivity index (χ3v) is 7.12. The van der Waals surface area contributed by atoms with Crippen LogP contribution in [0.25, 0.3) is 16.3 Å². The number of rotatable bonds is 0. The number of allylic oxidation sites excluding steroid dienone is 6. The van der Waals surface area contributed by atoms with Gasteiger partial charge in [0.25, 0.3) is 0 Å². The molecule has 2 aromatic rings. The number of hydrogen-bond donors (Lipinski definition) is 0. The van der Waals surface area contributed by atoms with Crippen LogP contribution in [-0.2, 0) is 12.8 Å². The van der Waals surface area contributed by atoms with Crippen LogP contribution in [-0.4, -0.2) is 0 Å². The predicted octanol–water partition coefficient (Wildman–Crippen LogP) is 5.70. The Bertz CT molecular complexity index is 1050. The fourth-order valence-electron chi connectivity index (χ4n) is 6.11. The Hall–Kier alpha value is -2.08. The van der Waals surface area contributed by atoms with Gasteiger partial charge in [0.15, 0.2) is 0 Å². The minimum absolute atomic E-state index is 0.792. The summed E-state index contributed by atoms with van der Waals surface area (Å²) in [5.41, 5.74) is 13.1. The summed E-state index contributed by atoms with van der Waals surface area (Å²) in [4.78, 5) is 0. The molecule has 1 unspecified atom stereocenters. The van der Waals surface area contributed by atoms with Gasteiger partial charge < -0.3 is 0 Å². The third-order valence-electron chi connectivity index (χ3n) is 7.12. The maximum absolute atomic E-state index is 2.45. The van der Waals surface area contributed by atoms with Crippen LogP contribution in [0.4, 0.5) is 0 Å². The van der Waals surface area contributed by atoms with Crippen LogP contribution in [0.3, 0.4) is 0 Å². The molecule has 115 valence electrons. The van der Waals surface area contributed by atoms with Crippen LogP contribution in [0.2, 0.25) is 0 Å². The molecular formula is C24H19. The van der Waals surface area contributed by atoms with E-state index >= 15 is 0 Å². The summed E-state index contributed by atoms with van der Waals surface area (Å²) in [6, 6.07) is 9.57. The fourth-order valence-corrected chi connectivity index (χ4v) is 6.11. The van der Waals surface area contributed by atoms with Crippen LogP contribution in [0.1, 0.15) is 47.9 Å². The molecule has 0 amide bonds. The zero-order chi connectivity index (χ0) is 15.4. The van der Waals surface area contributed by atoms with Gasteiger partial charge in [-0.1, -0.05) is 42.0 Å². The van der Waals surface area contributed by atoms with Crippen molar-refractivity contribution in [1.82, 2.24) is 0 Å². The van der Waals surface area contributed by atoms with Crippen molar-refractivity contribution in [2.75, 3.05) is 0 Å². The molecule has 0 heteroatoms. The Morgan fingerprint density at radius 2 is 1.50 bits per heavy atom. The molecule has 7 rings (SSSR count). The lowest BCUT2D eigenvalue weighted by molar-refractivity contribution is 0.528. The van der Waals surface area contributed by atoms with Gasteiger partial charge in [-0.3, -0.25) is 0 Å². The molecule has 0 N–H and O–H groups in total. The second kappa shape index (κ2) is 3.94. The van der Waals surface area contributed by atoms with E-state index < -0.39 is 0 Å². The Labute approximate surface area is 142 Å². The van der Waals surface area contributed by atoms with E-state index in [0.717, 1.165) is 5.92 Å². The maximum Gasteiger partial charge on any atom is 0.0604 e. The quantitative estimate of drug-likeness (QED) is 0.586. The second-order valence-electron chi connectivity index (χ2n) is 8.12. The van der Waals surface area contributed by atoms with E-state index in [4.69, 9.17) is 0 Å². The van der Waals surface area contributed by atoms with Crippen LogP contribution >= 0.6 is 0 Å². The van der Waals surface area contributed by atoms with Crippen LogP contribution in [0.15, 0.2) is 53.1 Å². The molecule has 5 aliphatic carbocycles. The van der Waals surface area contributed by atoms with Crippen LogP contribution in [0.5, 0.6) is 0 Å². The average molecular weight is 307 g/mol. The Morgan fingerprint density at radius 1 is 0.708 bits per heavy atom. The molecule has 2 aromatic carbocycles. The minimum atomic E-state index is 0.792. The van der Waals surface area contributed by atoms with Gasteiger partial charge in [0.1, 0.15) is 0 Å². The third kappa shape index (κ3) is 1.24. The highest BCUT2D eigenvalue weighted by molar-refractivity contribution is 6.07. The molecule has 0 saturated carbocycles. The Balaban J connectivity index is 1.77. The van der Waals surface area contributed by atoms with Crippen molar-refractivity contribution in [3.8, 4) is 0 Å². The van der Waals surface area contributed by atoms with Gasteiger partial charge >= 0.3 is 0 Å². The van der Waals surface area contributed by atoms with E-state index in [0.29, 0.717) is 0 Å². The normalized spacial score (nSPS) is 25.9. The van der Waals surface area contributed by atoms with Crippen molar-refractivity contribution >= 4 is 16.3 Å². The molecule has 0 saturated heterocycles. The summed E-state index contributed by atoms with van der Waals surface area (Å²) in [6.07, 6.45) is 12.6. The first kappa shape index (κ1) is 12.3. The van der Waals surface area contributed by atoms with Crippen molar-refractivity contribution in [3.63, 3.8) is 0 Å². The van der Waals surface area contributed by atoms with E-state index in [1.54, 1.807) is 55.9 Å². The number of hydrogen-bond acceptors (Lipinski definition) is 0. The van der Waals surface area contributed by atoms with Gasteiger partial charge in [-0.2, -0.15) is 0 Å². The first-order chi connectivity index (χ1) is 11.9. The molecule has 0 nitrogen and oxygen atoms in total. The summed E-state index contributed by atoms with van der Waals surface area (Å²) in [5, 5.41) is 3.05. The zero-order valence-corrected chi connectivity index (χ0v) is 13.8. The van der Waals surface area contributed by atoms with E-state index in [9.17, 15) is 0 Å². The lowest BCUT2D eigenvalue weighted by Gasteiger charge is -2.46. The number of aryl methyl sites for hydroxylation is 2. The van der Waals surface area contributed by atoms with E-state index in [1.165, 1.54) is 43.9 Å². The standard InChI is InChI=1S/C24H19/c1-2-14-5-6-16-9-11-18-12-10-17-8-7-15-4-3-13(1)19-20(14)22(16)24(18)23(17)21(15)19/h1-4,9,11,17H,5-8,10,12H2. The SMILES string of the molecule is C1=C2CCc3ccc4ccc5c6c4c3[C]2C2=C6C(CCC2=C1)CC5. The van der Waals surface area contributed by atoms with Gasteiger partial charge in [-0.25, -0.2) is 0 Å². The second-order valence-corrected chi connectivity index (χ2v) is 8.12. The Morgan fingerprint density at radius 3 is 2.42 bits per heavy atom. The van der Waals surface area contributed by atoms with Crippen molar-refractivity contribution in [2.24, 2.45) is 5.92 Å². The first-order valence-corrected chi connectivity index (χ1v) is 9.50. The van der Waals surface area contributed by atoms with Gasteiger partial charge in [-0.15, -0.1) is 0 Å². The van der Waals surface area contributed by atoms with Crippen molar-refractivity contribution in [3.05, 3.63) is 81.3 Å². The van der Waals surface area contributed by atoms with E-state index in [-0.39, 0.29) is 0 Å². The van der Waals surface area contributed by atoms with Crippen molar-refractivity contribution < 1.29 is 0 Å². The molecule has 0 heterocycles. The first-order valence-electron chi connectivity index (χ1n) is 9.50. The molecule has 0 spiro atoms. The van der Waals surface area contributed by atoms with Gasteiger partial charge in [-0.05, 0) is 94.2 Å². The van der Waals surface area contributed by atoms with Gasteiger partial charge in [0, 0.05) is 0 Å². The highest BCUT2D eigenvalue weighted by Gasteiger charge is 2.44. The van der Waals surface area contributed by atoms with Crippen LogP contribution in [0, 0.1) is 11.8 Å². The summed E-state index contributed by atoms with van der Waals surface area (Å²) in [5.74, 6) is 2.42. The van der Waals surface area contributed by atoms with Crippen LogP contribution < -0.4 is 0 Å². The summed E-state index contributed by atoms with van der Waals surface area (Å²) in [6.45, 7) is 0. The maximum atomic E-state index is 2.45. The molecule has 0 fully saturated rings. The smallest absolute Gasteiger partial charge is 0.0604 e. The topological polar surface area (TPSA) is 0 Å². The molecule has 5 aliphatic rings. The lowest BCUT2D eigenvalue weighted by atomic mass is 9.57.